The lowest BCUT2D eigenvalue weighted by Crippen LogP contribution is -2.49. The molecule has 45 heavy (non-hydrogen) atoms. The Hall–Kier alpha value is -4.66. The van der Waals surface area contributed by atoms with Crippen LogP contribution in [-0.2, 0) is 24.1 Å². The number of benzene rings is 5. The molecule has 0 saturated heterocycles. The van der Waals surface area contributed by atoms with Crippen molar-refractivity contribution in [1.29, 1.82) is 0 Å². The molecule has 1 unspecified atom stereocenters. The monoisotopic (exact) mass is 626 g/mol. The number of carbonyl (C=O) groups is 1. The van der Waals surface area contributed by atoms with Gasteiger partial charge in [-0.15, -0.1) is 0 Å². The maximum absolute atomic E-state index is 16.4. The summed E-state index contributed by atoms with van der Waals surface area (Å²) >= 11 is 0. The molecule has 0 spiro atoms. The molecule has 5 nitrogen and oxygen atoms in total. The molecule has 230 valence electrons. The van der Waals surface area contributed by atoms with E-state index >= 15 is 8.78 Å². The highest BCUT2D eigenvalue weighted by Gasteiger charge is 2.61. The van der Waals surface area contributed by atoms with Gasteiger partial charge >= 0.3 is 11.2 Å². The van der Waals surface area contributed by atoms with Crippen molar-refractivity contribution < 1.29 is 31.5 Å². The maximum Gasteiger partial charge on any atom is 0.369 e. The topological polar surface area (TPSA) is 69.7 Å². The average molecular weight is 627 g/mol. The van der Waals surface area contributed by atoms with Gasteiger partial charge in [0.05, 0.1) is 12.2 Å². The van der Waals surface area contributed by atoms with Gasteiger partial charge in [0.15, 0.2) is 10.9 Å². The van der Waals surface area contributed by atoms with Gasteiger partial charge < -0.3 is 9.47 Å². The van der Waals surface area contributed by atoms with Gasteiger partial charge in [0, 0.05) is 0 Å². The molecule has 8 heteroatoms. The van der Waals surface area contributed by atoms with Crippen LogP contribution >= 0.6 is 0 Å². The summed E-state index contributed by atoms with van der Waals surface area (Å²) in [4.78, 5) is 12.9. The molecule has 0 radical (unpaired) electrons. The molecule has 5 rings (SSSR count). The molecule has 0 amide bonds. The van der Waals surface area contributed by atoms with Gasteiger partial charge in [-0.25, -0.2) is 13.2 Å². The summed E-state index contributed by atoms with van der Waals surface area (Å²) in [7, 11) is -5.43. The summed E-state index contributed by atoms with van der Waals surface area (Å²) in [5, 5.41) is -4.37. The van der Waals surface area contributed by atoms with Crippen molar-refractivity contribution in [2.45, 2.75) is 23.0 Å². The number of rotatable bonds is 12. The number of halogens is 2. The van der Waals surface area contributed by atoms with Crippen molar-refractivity contribution in [2.24, 2.45) is 0 Å². The van der Waals surface area contributed by atoms with Crippen molar-refractivity contribution in [2.75, 3.05) is 13.2 Å². The van der Waals surface area contributed by atoms with E-state index in [0.717, 1.165) is 5.56 Å². The predicted molar refractivity (Wildman–Crippen MR) is 170 cm³/mol. The first-order valence-electron chi connectivity index (χ1n) is 14.4. The van der Waals surface area contributed by atoms with Gasteiger partial charge in [-0.05, 0) is 41.3 Å². The lowest BCUT2D eigenvalue weighted by molar-refractivity contribution is -0.0510. The minimum atomic E-state index is -5.43. The van der Waals surface area contributed by atoms with E-state index in [1.54, 1.807) is 121 Å². The second-order valence-electron chi connectivity index (χ2n) is 10.6. The van der Waals surface area contributed by atoms with Gasteiger partial charge in [0.25, 0.3) is 0 Å². The van der Waals surface area contributed by atoms with Crippen molar-refractivity contribution in [3.05, 3.63) is 179 Å². The molecular weight excluding hydrogens is 594 g/mol. The lowest BCUT2D eigenvalue weighted by Gasteiger charge is -2.38. The van der Waals surface area contributed by atoms with Crippen LogP contribution in [0.25, 0.3) is 0 Å². The van der Waals surface area contributed by atoms with Crippen LogP contribution < -0.4 is 0 Å². The Bertz CT molecular complexity index is 1760. The van der Waals surface area contributed by atoms with Gasteiger partial charge in [0.2, 0.25) is 9.84 Å². The molecule has 1 atom stereocenters. The average Bonchev–Trinajstić information content (AvgIpc) is 3.07. The zero-order chi connectivity index (χ0) is 31.9. The molecule has 0 fully saturated rings. The Morgan fingerprint density at radius 3 is 1.62 bits per heavy atom. The Balaban J connectivity index is 1.51. The van der Waals surface area contributed by atoms with Crippen LogP contribution in [0.5, 0.6) is 0 Å². The van der Waals surface area contributed by atoms with Crippen molar-refractivity contribution in [1.82, 2.24) is 0 Å². The maximum atomic E-state index is 16.4. The van der Waals surface area contributed by atoms with Crippen LogP contribution in [0.4, 0.5) is 8.78 Å². The van der Waals surface area contributed by atoms with E-state index in [4.69, 9.17) is 9.47 Å². The third-order valence-electron chi connectivity index (χ3n) is 7.58. The molecule has 5 aromatic carbocycles. The van der Waals surface area contributed by atoms with Crippen LogP contribution in [0.15, 0.2) is 146 Å². The van der Waals surface area contributed by atoms with Crippen molar-refractivity contribution in [3.8, 4) is 0 Å². The highest BCUT2D eigenvalue weighted by molar-refractivity contribution is 7.93. The van der Waals surface area contributed by atoms with Crippen LogP contribution in [-0.4, -0.2) is 32.9 Å². The summed E-state index contributed by atoms with van der Waals surface area (Å²) in [6.45, 7) is -0.127. The van der Waals surface area contributed by atoms with Crippen LogP contribution in [0.1, 0.15) is 44.3 Å². The summed E-state index contributed by atoms with van der Waals surface area (Å²) in [5.74, 6) is -0.668. The minimum Gasteiger partial charge on any atom is -0.451 e. The number of ether oxygens (including phenoxy) is 2. The summed E-state index contributed by atoms with van der Waals surface area (Å²) in [6, 6.07) is 39.4. The van der Waals surface area contributed by atoms with Gasteiger partial charge in [-0.1, -0.05) is 139 Å². The summed E-state index contributed by atoms with van der Waals surface area (Å²) in [6.07, 6.45) is -1.07. The number of aryl methyl sites for hydroxylation is 1. The zero-order valence-electron chi connectivity index (χ0n) is 24.6. The highest BCUT2D eigenvalue weighted by Crippen LogP contribution is 2.49. The Morgan fingerprint density at radius 1 is 0.667 bits per heavy atom. The lowest BCUT2D eigenvalue weighted by atomic mass is 9.84. The van der Waals surface area contributed by atoms with Crippen molar-refractivity contribution in [3.63, 3.8) is 0 Å². The number of carbonyl (C=O) groups excluding carboxylic acids is 1. The molecule has 5 aromatic rings. The normalized spacial score (nSPS) is 12.8. The zero-order valence-corrected chi connectivity index (χ0v) is 25.4. The number of esters is 1. The molecule has 0 aliphatic heterocycles. The van der Waals surface area contributed by atoms with Crippen molar-refractivity contribution >= 4 is 15.8 Å². The molecule has 0 aromatic heterocycles. The minimum absolute atomic E-state index is 0.165. The molecular formula is C37H32F2O5S. The fourth-order valence-corrected chi connectivity index (χ4v) is 7.35. The van der Waals surface area contributed by atoms with E-state index in [1.165, 1.54) is 24.3 Å². The van der Waals surface area contributed by atoms with E-state index in [9.17, 15) is 13.2 Å². The summed E-state index contributed by atoms with van der Waals surface area (Å²) < 4.78 is 70.7. The van der Waals surface area contributed by atoms with Crippen LogP contribution in [0, 0.1) is 6.92 Å². The molecule has 0 saturated carbocycles. The van der Waals surface area contributed by atoms with Crippen LogP contribution in [0.3, 0.4) is 0 Å². The van der Waals surface area contributed by atoms with Crippen LogP contribution in [0.2, 0.25) is 0 Å². The predicted octanol–water partition coefficient (Wildman–Crippen LogP) is 7.91. The second kappa shape index (κ2) is 13.5. The third kappa shape index (κ3) is 6.43. The molecule has 0 heterocycles. The fourth-order valence-electron chi connectivity index (χ4n) is 5.32. The molecule has 0 bridgehead atoms. The van der Waals surface area contributed by atoms with E-state index in [2.05, 4.69) is 0 Å². The molecule has 0 aliphatic rings. The number of sulfone groups is 1. The Kier molecular flexibility index (Phi) is 9.56. The first-order chi connectivity index (χ1) is 21.7. The van der Waals surface area contributed by atoms with E-state index < -0.39 is 45.1 Å². The smallest absolute Gasteiger partial charge is 0.369 e. The highest BCUT2D eigenvalue weighted by atomic mass is 32.2. The third-order valence-corrected chi connectivity index (χ3v) is 10.0. The Morgan fingerprint density at radius 2 is 1.11 bits per heavy atom. The summed E-state index contributed by atoms with van der Waals surface area (Å²) in [5.41, 5.74) is 2.13. The Labute approximate surface area is 262 Å². The van der Waals surface area contributed by atoms with Gasteiger partial charge in [-0.2, -0.15) is 8.78 Å². The largest absolute Gasteiger partial charge is 0.451 e. The molecule has 0 aliphatic carbocycles. The first kappa shape index (κ1) is 31.8. The number of hydrogen-bond acceptors (Lipinski definition) is 5. The van der Waals surface area contributed by atoms with E-state index in [-0.39, 0.29) is 22.3 Å². The SMILES string of the molecule is Cc1ccc(C(c2ccccc2)(c2ccccc2)S(=O)(=O)C(F)(F)COCC(OC(=O)c2ccccc2)c2ccccc2)cc1. The second-order valence-corrected chi connectivity index (χ2v) is 12.8. The van der Waals surface area contributed by atoms with E-state index in [1.807, 2.05) is 6.92 Å². The standard InChI is InChI=1S/C37H32F2O5S/c1-28-22-24-33(25-23-28)37(31-18-10-4-11-19-31,32-20-12-5-13-21-32)45(41,42)36(38,39)27-43-26-34(29-14-6-2-7-15-29)44-35(40)30-16-8-3-9-17-30/h2-25,34H,26-27H2,1H3. The van der Waals surface area contributed by atoms with Gasteiger partial charge in [0.1, 0.15) is 6.61 Å². The van der Waals surface area contributed by atoms with E-state index in [0.29, 0.717) is 5.56 Å². The number of alkyl halides is 2. The first-order valence-corrected chi connectivity index (χ1v) is 15.8. The quantitative estimate of drug-likeness (QED) is 0.104. The fraction of sp³-hybridized carbons (Fsp3) is 0.162. The molecule has 0 N–H and O–H groups in total. The van der Waals surface area contributed by atoms with Gasteiger partial charge in [-0.3, -0.25) is 0 Å². The number of hydrogen-bond donors (Lipinski definition) is 0.